The number of carbonyl (C=O) groups excluding carboxylic acids is 2. The third-order valence-electron chi connectivity index (χ3n) is 2.74. The number of hydrogen-bond acceptors (Lipinski definition) is 3. The maximum atomic E-state index is 10.6. The second kappa shape index (κ2) is 9.37. The van der Waals surface area contributed by atoms with Crippen molar-refractivity contribution in [3.8, 4) is 0 Å². The molecule has 0 N–H and O–H groups in total. The third kappa shape index (κ3) is 9.69. The molecule has 3 nitrogen and oxygen atoms in total. The molecule has 0 aliphatic rings. The SMILES string of the molecule is CC(=O)OC[C@@H](C)CCC[C@@H](C)CCC=O. The maximum Gasteiger partial charge on any atom is 0.302 e. The quantitative estimate of drug-likeness (QED) is 0.450. The fourth-order valence-electron chi connectivity index (χ4n) is 1.65. The molecular formula is C13H24O3. The Morgan fingerprint density at radius 2 is 1.81 bits per heavy atom. The first-order valence-corrected chi connectivity index (χ1v) is 6.13. The Kier molecular flexibility index (Phi) is 8.87. The summed E-state index contributed by atoms with van der Waals surface area (Å²) in [4.78, 5) is 20.8. The number of rotatable bonds is 9. The standard InChI is InChI=1S/C13H24O3/c1-11(8-5-9-14)6-4-7-12(2)10-16-13(3)15/h9,11-12H,4-8,10H2,1-3H3/t11-,12+/m1/s1. The van der Waals surface area contributed by atoms with Crippen LogP contribution >= 0.6 is 0 Å². The van der Waals surface area contributed by atoms with Gasteiger partial charge in [-0.25, -0.2) is 0 Å². The Hall–Kier alpha value is -0.860. The smallest absolute Gasteiger partial charge is 0.302 e. The van der Waals surface area contributed by atoms with E-state index in [1.54, 1.807) is 0 Å². The summed E-state index contributed by atoms with van der Waals surface area (Å²) in [5, 5.41) is 0. The van der Waals surface area contributed by atoms with Crippen molar-refractivity contribution in [1.29, 1.82) is 0 Å². The molecule has 0 heterocycles. The van der Waals surface area contributed by atoms with Gasteiger partial charge in [-0.1, -0.05) is 26.7 Å². The molecule has 0 spiro atoms. The van der Waals surface area contributed by atoms with Crippen LogP contribution in [0, 0.1) is 11.8 Å². The summed E-state index contributed by atoms with van der Waals surface area (Å²) in [6, 6.07) is 0. The van der Waals surface area contributed by atoms with Gasteiger partial charge in [-0.3, -0.25) is 4.79 Å². The molecule has 3 heteroatoms. The van der Waals surface area contributed by atoms with E-state index in [1.807, 2.05) is 0 Å². The number of esters is 1. The summed E-state index contributed by atoms with van der Waals surface area (Å²) in [5.74, 6) is 0.847. The van der Waals surface area contributed by atoms with Gasteiger partial charge in [0.2, 0.25) is 0 Å². The fraction of sp³-hybridized carbons (Fsp3) is 0.846. The molecule has 0 aliphatic carbocycles. The molecule has 0 aromatic carbocycles. The lowest BCUT2D eigenvalue weighted by Gasteiger charge is -2.13. The molecule has 94 valence electrons. The first-order valence-electron chi connectivity index (χ1n) is 6.13. The molecule has 0 rings (SSSR count). The van der Waals surface area contributed by atoms with Crippen LogP contribution in [0.2, 0.25) is 0 Å². The Bertz CT molecular complexity index is 201. The summed E-state index contributed by atoms with van der Waals surface area (Å²) in [5.41, 5.74) is 0. The van der Waals surface area contributed by atoms with Crippen molar-refractivity contribution in [2.75, 3.05) is 6.61 Å². The minimum absolute atomic E-state index is 0.203. The van der Waals surface area contributed by atoms with E-state index < -0.39 is 0 Å². The summed E-state index contributed by atoms with van der Waals surface area (Å²) in [6.07, 6.45) is 6.02. The van der Waals surface area contributed by atoms with Gasteiger partial charge >= 0.3 is 5.97 Å². The lowest BCUT2D eigenvalue weighted by Crippen LogP contribution is -2.09. The predicted molar refractivity (Wildman–Crippen MR) is 64.1 cm³/mol. The highest BCUT2D eigenvalue weighted by molar-refractivity contribution is 5.65. The normalized spacial score (nSPS) is 14.2. The van der Waals surface area contributed by atoms with Crippen LogP contribution < -0.4 is 0 Å². The van der Waals surface area contributed by atoms with Gasteiger partial charge in [-0.05, 0) is 24.7 Å². The lowest BCUT2D eigenvalue weighted by molar-refractivity contribution is -0.142. The topological polar surface area (TPSA) is 43.4 Å². The second-order valence-electron chi connectivity index (χ2n) is 4.69. The van der Waals surface area contributed by atoms with Gasteiger partial charge < -0.3 is 9.53 Å². The average Bonchev–Trinajstić information content (AvgIpc) is 2.23. The van der Waals surface area contributed by atoms with E-state index >= 15 is 0 Å². The Morgan fingerprint density at radius 3 is 2.38 bits per heavy atom. The minimum atomic E-state index is -0.203. The molecule has 16 heavy (non-hydrogen) atoms. The first-order chi connectivity index (χ1) is 7.56. The zero-order chi connectivity index (χ0) is 12.4. The third-order valence-corrected chi connectivity index (χ3v) is 2.74. The molecule has 2 atom stereocenters. The number of hydrogen-bond donors (Lipinski definition) is 0. The Morgan fingerprint density at radius 1 is 1.19 bits per heavy atom. The molecule has 0 amide bonds. The number of aldehydes is 1. The van der Waals surface area contributed by atoms with Crippen LogP contribution in [0.1, 0.15) is 52.9 Å². The summed E-state index contributed by atoms with van der Waals surface area (Å²) in [6.45, 7) is 6.24. The van der Waals surface area contributed by atoms with Gasteiger partial charge in [0.1, 0.15) is 6.29 Å². The molecular weight excluding hydrogens is 204 g/mol. The molecule has 0 fully saturated rings. The molecule has 0 radical (unpaired) electrons. The molecule has 0 bridgehead atoms. The molecule has 0 saturated carbocycles. The van der Waals surface area contributed by atoms with Crippen LogP contribution in [0.5, 0.6) is 0 Å². The van der Waals surface area contributed by atoms with Crippen LogP contribution in [-0.2, 0) is 14.3 Å². The zero-order valence-corrected chi connectivity index (χ0v) is 10.7. The largest absolute Gasteiger partial charge is 0.466 e. The predicted octanol–water partition coefficient (Wildman–Crippen LogP) is 2.97. The zero-order valence-electron chi connectivity index (χ0n) is 10.7. The van der Waals surface area contributed by atoms with Crippen molar-refractivity contribution < 1.29 is 14.3 Å². The van der Waals surface area contributed by atoms with Crippen molar-refractivity contribution in [3.63, 3.8) is 0 Å². The Balaban J connectivity index is 3.42. The van der Waals surface area contributed by atoms with Gasteiger partial charge in [-0.2, -0.15) is 0 Å². The monoisotopic (exact) mass is 228 g/mol. The van der Waals surface area contributed by atoms with E-state index in [0.717, 1.165) is 32.0 Å². The van der Waals surface area contributed by atoms with E-state index in [4.69, 9.17) is 4.74 Å². The van der Waals surface area contributed by atoms with Crippen molar-refractivity contribution >= 4 is 12.3 Å². The number of carbonyl (C=O) groups is 2. The van der Waals surface area contributed by atoms with E-state index in [0.29, 0.717) is 24.9 Å². The maximum absolute atomic E-state index is 10.6. The van der Waals surface area contributed by atoms with E-state index in [-0.39, 0.29) is 5.97 Å². The average molecular weight is 228 g/mol. The van der Waals surface area contributed by atoms with E-state index in [1.165, 1.54) is 6.92 Å². The van der Waals surface area contributed by atoms with Crippen LogP contribution in [0.25, 0.3) is 0 Å². The van der Waals surface area contributed by atoms with Crippen LogP contribution in [0.15, 0.2) is 0 Å². The molecule has 0 aromatic heterocycles. The van der Waals surface area contributed by atoms with Gasteiger partial charge in [0.05, 0.1) is 6.61 Å². The van der Waals surface area contributed by atoms with E-state index in [9.17, 15) is 9.59 Å². The summed E-state index contributed by atoms with van der Waals surface area (Å²) >= 11 is 0. The summed E-state index contributed by atoms with van der Waals surface area (Å²) in [7, 11) is 0. The van der Waals surface area contributed by atoms with Gasteiger partial charge in [0.25, 0.3) is 0 Å². The minimum Gasteiger partial charge on any atom is -0.466 e. The van der Waals surface area contributed by atoms with Gasteiger partial charge in [0.15, 0.2) is 0 Å². The first kappa shape index (κ1) is 15.1. The van der Waals surface area contributed by atoms with Crippen molar-refractivity contribution in [2.24, 2.45) is 11.8 Å². The highest BCUT2D eigenvalue weighted by Gasteiger charge is 2.06. The molecule has 0 saturated heterocycles. The lowest BCUT2D eigenvalue weighted by atomic mass is 9.96. The summed E-state index contributed by atoms with van der Waals surface area (Å²) < 4.78 is 4.94. The molecule has 0 unspecified atom stereocenters. The highest BCUT2D eigenvalue weighted by atomic mass is 16.5. The van der Waals surface area contributed by atoms with Crippen LogP contribution in [0.3, 0.4) is 0 Å². The van der Waals surface area contributed by atoms with Crippen molar-refractivity contribution in [3.05, 3.63) is 0 Å². The number of ether oxygens (including phenoxy) is 1. The van der Waals surface area contributed by atoms with Gasteiger partial charge in [0, 0.05) is 13.3 Å². The van der Waals surface area contributed by atoms with Gasteiger partial charge in [-0.15, -0.1) is 0 Å². The van der Waals surface area contributed by atoms with Crippen molar-refractivity contribution in [2.45, 2.75) is 52.9 Å². The highest BCUT2D eigenvalue weighted by Crippen LogP contribution is 2.16. The fourth-order valence-corrected chi connectivity index (χ4v) is 1.65. The van der Waals surface area contributed by atoms with Crippen molar-refractivity contribution in [1.82, 2.24) is 0 Å². The second-order valence-corrected chi connectivity index (χ2v) is 4.69. The Labute approximate surface area is 98.6 Å². The van der Waals surface area contributed by atoms with E-state index in [2.05, 4.69) is 13.8 Å². The van der Waals surface area contributed by atoms with Crippen LogP contribution in [0.4, 0.5) is 0 Å². The molecule has 0 aliphatic heterocycles. The molecule has 0 aromatic rings. The van der Waals surface area contributed by atoms with Crippen LogP contribution in [-0.4, -0.2) is 18.9 Å².